The number of methoxy groups -OCH3 is 2. The zero-order valence-corrected chi connectivity index (χ0v) is 23.6. The maximum atomic E-state index is 13.9. The van der Waals surface area contributed by atoms with E-state index in [1.54, 1.807) is 24.3 Å². The molecule has 41 heavy (non-hydrogen) atoms. The normalized spacial score (nSPS) is 16.6. The number of carbonyl (C=O) groups is 1. The van der Waals surface area contributed by atoms with Gasteiger partial charge < -0.3 is 34.7 Å². The van der Waals surface area contributed by atoms with Gasteiger partial charge in [0.05, 0.1) is 12.3 Å². The number of aliphatic hydroxyl groups excluding tert-OH is 2. The number of nitrogen functional groups attached to an aromatic ring is 1. The maximum absolute atomic E-state index is 13.9. The standard InChI is InChI=1S/C25H33N6O9P/c1-17(24(34)38-13-7-12-36-2)30-41(35,40-18-8-5-4-6-9-18)39-15-25(14-26,37-3)22(33)21(32)19-10-11-20-23(27)28-16-29-31(19)20/h4-6,8-11,16-17,21-22,32-33H,7,12-13,15H2,1-3H3,(H,30,35)(H2,27,28,29)/t17-,21-,22-,25+,41?/m0/s1. The number of para-hydroxylation sites is 1. The molecule has 222 valence electrons. The fraction of sp³-hybridized carbons (Fsp3) is 0.440. The number of aromatic nitrogens is 3. The molecule has 0 radical (unpaired) electrons. The summed E-state index contributed by atoms with van der Waals surface area (Å²) in [6.07, 6.45) is -2.06. The van der Waals surface area contributed by atoms with Crippen LogP contribution in [-0.4, -0.2) is 82.6 Å². The molecule has 15 nitrogen and oxygen atoms in total. The van der Waals surface area contributed by atoms with Crippen LogP contribution in [0.4, 0.5) is 5.82 Å². The molecule has 0 spiro atoms. The van der Waals surface area contributed by atoms with Crippen LogP contribution in [0.3, 0.4) is 0 Å². The Morgan fingerprint density at radius 2 is 1.95 bits per heavy atom. The molecule has 0 aliphatic carbocycles. The van der Waals surface area contributed by atoms with Gasteiger partial charge >= 0.3 is 13.7 Å². The van der Waals surface area contributed by atoms with Gasteiger partial charge in [0.2, 0.25) is 5.60 Å². The number of nitrogens with two attached hydrogens (primary N) is 1. The van der Waals surface area contributed by atoms with E-state index in [0.717, 1.165) is 13.4 Å². The molecule has 1 unspecified atom stereocenters. The molecular weight excluding hydrogens is 559 g/mol. The summed E-state index contributed by atoms with van der Waals surface area (Å²) in [4.78, 5) is 16.4. The van der Waals surface area contributed by atoms with E-state index in [2.05, 4.69) is 15.2 Å². The van der Waals surface area contributed by atoms with Crippen molar-refractivity contribution in [2.75, 3.05) is 39.8 Å². The fourth-order valence-corrected chi connectivity index (χ4v) is 5.23. The number of anilines is 1. The number of fused-ring (bicyclic) bond motifs is 1. The Balaban J connectivity index is 1.83. The van der Waals surface area contributed by atoms with E-state index < -0.39 is 44.2 Å². The molecular formula is C25H33N6O9P. The highest BCUT2D eigenvalue weighted by Crippen LogP contribution is 2.46. The monoisotopic (exact) mass is 592 g/mol. The van der Waals surface area contributed by atoms with Crippen LogP contribution in [0.2, 0.25) is 0 Å². The van der Waals surface area contributed by atoms with Crippen LogP contribution in [0.25, 0.3) is 5.52 Å². The predicted octanol–water partition coefficient (Wildman–Crippen LogP) is 1.38. The highest BCUT2D eigenvalue weighted by Gasteiger charge is 2.47. The number of benzene rings is 1. The van der Waals surface area contributed by atoms with E-state index in [9.17, 15) is 24.8 Å². The minimum absolute atomic E-state index is 0.0691. The average Bonchev–Trinajstić information content (AvgIpc) is 3.41. The van der Waals surface area contributed by atoms with E-state index in [0.29, 0.717) is 18.5 Å². The van der Waals surface area contributed by atoms with Gasteiger partial charge in [-0.05, 0) is 31.2 Å². The van der Waals surface area contributed by atoms with Crippen LogP contribution in [0.1, 0.15) is 25.1 Å². The molecule has 0 aliphatic heterocycles. The predicted molar refractivity (Wildman–Crippen MR) is 144 cm³/mol. The van der Waals surface area contributed by atoms with Crippen molar-refractivity contribution in [2.45, 2.75) is 37.2 Å². The molecule has 0 amide bonds. The first-order valence-corrected chi connectivity index (χ1v) is 14.0. The van der Waals surface area contributed by atoms with E-state index in [-0.39, 0.29) is 23.9 Å². The van der Waals surface area contributed by atoms with Crippen LogP contribution >= 0.6 is 7.75 Å². The number of nitriles is 1. The molecule has 0 aliphatic rings. The molecule has 3 rings (SSSR count). The Kier molecular flexibility index (Phi) is 11.2. The number of hydrogen-bond donors (Lipinski definition) is 4. The Morgan fingerprint density at radius 3 is 2.61 bits per heavy atom. The molecule has 16 heteroatoms. The number of rotatable bonds is 16. The molecule has 0 bridgehead atoms. The number of ether oxygens (including phenoxy) is 3. The van der Waals surface area contributed by atoms with Crippen LogP contribution < -0.4 is 15.3 Å². The highest BCUT2D eigenvalue weighted by molar-refractivity contribution is 7.52. The molecule has 1 aromatic carbocycles. The van der Waals surface area contributed by atoms with Gasteiger partial charge in [0, 0.05) is 27.2 Å². The molecule has 0 saturated heterocycles. The van der Waals surface area contributed by atoms with Crippen molar-refractivity contribution in [1.29, 1.82) is 5.26 Å². The number of nitrogens with one attached hydrogen (secondary N) is 1. The molecule has 0 fully saturated rings. The summed E-state index contributed by atoms with van der Waals surface area (Å²) in [5.41, 5.74) is 4.01. The molecule has 3 aromatic rings. The third-order valence-electron chi connectivity index (χ3n) is 6.00. The zero-order valence-electron chi connectivity index (χ0n) is 22.7. The Hall–Kier alpha value is -3.61. The summed E-state index contributed by atoms with van der Waals surface area (Å²) < 4.78 is 41.6. The third kappa shape index (κ3) is 7.78. The van der Waals surface area contributed by atoms with Gasteiger partial charge in [0.1, 0.15) is 48.5 Å². The minimum atomic E-state index is -4.44. The van der Waals surface area contributed by atoms with Crippen LogP contribution in [0.5, 0.6) is 5.75 Å². The number of nitrogens with zero attached hydrogens (tertiary/aromatic N) is 4. The van der Waals surface area contributed by atoms with Crippen molar-refractivity contribution < 1.29 is 42.8 Å². The number of esters is 1. The SMILES string of the molecule is COCCCOC(=O)[C@H](C)NP(=O)(OC[C@@](C#N)(OC)[C@@H](O)[C@@H](O)c1ccc2c(N)ncnn12)Oc1ccccc1. The van der Waals surface area contributed by atoms with Crippen LogP contribution in [0.15, 0.2) is 48.8 Å². The highest BCUT2D eigenvalue weighted by atomic mass is 31.2. The van der Waals surface area contributed by atoms with Crippen LogP contribution in [-0.2, 0) is 28.1 Å². The summed E-state index contributed by atoms with van der Waals surface area (Å²) in [5, 5.41) is 38.7. The van der Waals surface area contributed by atoms with E-state index in [1.807, 2.05) is 0 Å². The molecule has 5 atom stereocenters. The first kappa shape index (κ1) is 31.9. The van der Waals surface area contributed by atoms with Gasteiger partial charge in [-0.3, -0.25) is 9.32 Å². The second-order valence-corrected chi connectivity index (χ2v) is 10.5. The maximum Gasteiger partial charge on any atom is 0.459 e. The Morgan fingerprint density at radius 1 is 1.22 bits per heavy atom. The lowest BCUT2D eigenvalue weighted by atomic mass is 9.93. The summed E-state index contributed by atoms with van der Waals surface area (Å²) in [5.74, 6) is -0.482. The molecule has 2 heterocycles. The van der Waals surface area contributed by atoms with Crippen molar-refractivity contribution in [3.63, 3.8) is 0 Å². The van der Waals surface area contributed by atoms with Gasteiger partial charge in [0.25, 0.3) is 0 Å². The van der Waals surface area contributed by atoms with E-state index in [4.69, 9.17) is 29.0 Å². The first-order valence-electron chi connectivity index (χ1n) is 12.4. The number of aliphatic hydroxyl groups is 2. The fourth-order valence-electron chi connectivity index (χ4n) is 3.70. The smallest absolute Gasteiger partial charge is 0.459 e. The lowest BCUT2D eigenvalue weighted by Gasteiger charge is -2.33. The second-order valence-electron chi connectivity index (χ2n) is 8.84. The Labute approximate surface area is 236 Å². The van der Waals surface area contributed by atoms with Crippen LogP contribution in [0, 0.1) is 11.3 Å². The second kappa shape index (κ2) is 14.3. The van der Waals surface area contributed by atoms with Crippen molar-refractivity contribution >= 4 is 25.1 Å². The van der Waals surface area contributed by atoms with Crippen molar-refractivity contribution in [3.8, 4) is 11.8 Å². The van der Waals surface area contributed by atoms with Crippen molar-refractivity contribution in [1.82, 2.24) is 19.7 Å². The topological polar surface area (TPSA) is 213 Å². The summed E-state index contributed by atoms with van der Waals surface area (Å²) in [7, 11) is -1.81. The van der Waals surface area contributed by atoms with Crippen molar-refractivity contribution in [3.05, 3.63) is 54.5 Å². The zero-order chi connectivity index (χ0) is 30.0. The molecule has 5 N–H and O–H groups in total. The summed E-state index contributed by atoms with van der Waals surface area (Å²) >= 11 is 0. The summed E-state index contributed by atoms with van der Waals surface area (Å²) in [6.45, 7) is 0.987. The number of hydrogen-bond acceptors (Lipinski definition) is 13. The largest absolute Gasteiger partial charge is 0.464 e. The van der Waals surface area contributed by atoms with E-state index >= 15 is 0 Å². The summed E-state index contributed by atoms with van der Waals surface area (Å²) in [6, 6.07) is 11.6. The lowest BCUT2D eigenvalue weighted by molar-refractivity contribution is -0.145. The van der Waals surface area contributed by atoms with Gasteiger partial charge in [-0.2, -0.15) is 15.4 Å². The van der Waals surface area contributed by atoms with Gasteiger partial charge in [-0.25, -0.2) is 14.1 Å². The first-order chi connectivity index (χ1) is 19.6. The Bertz CT molecular complexity index is 1380. The molecule has 2 aromatic heterocycles. The van der Waals surface area contributed by atoms with Gasteiger partial charge in [-0.15, -0.1) is 0 Å². The average molecular weight is 593 g/mol. The number of carbonyl (C=O) groups excluding carboxylic acids is 1. The minimum Gasteiger partial charge on any atom is -0.464 e. The third-order valence-corrected chi connectivity index (χ3v) is 7.63. The lowest BCUT2D eigenvalue weighted by Crippen LogP contribution is -2.50. The van der Waals surface area contributed by atoms with Gasteiger partial charge in [0.15, 0.2) is 5.82 Å². The quantitative estimate of drug-likeness (QED) is 0.105. The van der Waals surface area contributed by atoms with Gasteiger partial charge in [-0.1, -0.05) is 18.2 Å². The molecule has 0 saturated carbocycles. The van der Waals surface area contributed by atoms with Crippen molar-refractivity contribution in [2.24, 2.45) is 0 Å². The van der Waals surface area contributed by atoms with E-state index in [1.165, 1.54) is 42.8 Å².